The van der Waals surface area contributed by atoms with Crippen LogP contribution in [0.1, 0.15) is 30.9 Å². The third-order valence-electron chi connectivity index (χ3n) is 3.39. The fourth-order valence-electron chi connectivity index (χ4n) is 2.43. The van der Waals surface area contributed by atoms with Gasteiger partial charge in [0.25, 0.3) is 0 Å². The molecule has 0 unspecified atom stereocenters. The minimum absolute atomic E-state index is 0.257. The van der Waals surface area contributed by atoms with Crippen LogP contribution < -0.4 is 5.73 Å². The van der Waals surface area contributed by atoms with E-state index in [1.54, 1.807) is 0 Å². The highest BCUT2D eigenvalue weighted by atomic mass is 15.2. The summed E-state index contributed by atoms with van der Waals surface area (Å²) in [5.74, 6) is 2.11. The second-order valence-corrected chi connectivity index (χ2v) is 5.97. The first kappa shape index (κ1) is 15.1. The second kappa shape index (κ2) is 6.56. The van der Waals surface area contributed by atoms with Crippen LogP contribution in [0.4, 0.5) is 5.95 Å². The fourth-order valence-corrected chi connectivity index (χ4v) is 2.43. The lowest BCUT2D eigenvalue weighted by molar-refractivity contribution is 0.635. The smallest absolute Gasteiger partial charge is 0.220 e. The number of aromatic amines is 1. The van der Waals surface area contributed by atoms with Gasteiger partial charge in [-0.05, 0) is 24.0 Å². The number of benzene rings is 1. The van der Waals surface area contributed by atoms with Crippen molar-refractivity contribution in [2.45, 2.75) is 26.7 Å². The van der Waals surface area contributed by atoms with Crippen molar-refractivity contribution in [3.05, 3.63) is 53.5 Å². The van der Waals surface area contributed by atoms with Crippen LogP contribution in [0.3, 0.4) is 0 Å². The molecular formula is C17H20N6. The normalized spacial score (nSPS) is 11.1. The van der Waals surface area contributed by atoms with E-state index in [9.17, 15) is 0 Å². The Morgan fingerprint density at radius 3 is 2.61 bits per heavy atom. The number of nitrogen functional groups attached to an aromatic ring is 1. The number of aromatic nitrogens is 5. The number of hydrogen-bond acceptors (Lipinski definition) is 5. The van der Waals surface area contributed by atoms with Crippen molar-refractivity contribution in [2.75, 3.05) is 5.73 Å². The Balaban J connectivity index is 1.84. The highest BCUT2D eigenvalue weighted by Crippen LogP contribution is 2.17. The molecule has 0 saturated carbocycles. The molecule has 0 spiro atoms. The molecule has 6 nitrogen and oxygen atoms in total. The summed E-state index contributed by atoms with van der Waals surface area (Å²) in [5.41, 5.74) is 8.56. The van der Waals surface area contributed by atoms with Crippen LogP contribution in [0.15, 0.2) is 36.4 Å². The molecular weight excluding hydrogens is 288 g/mol. The highest BCUT2D eigenvalue weighted by molar-refractivity contribution is 5.51. The SMILES string of the molecule is CC(C)Cc1cc(-c2n[nH]c(Cc3ccccc3)n2)nc(N)n1. The lowest BCUT2D eigenvalue weighted by atomic mass is 10.1. The van der Waals surface area contributed by atoms with Crippen LogP contribution >= 0.6 is 0 Å². The Labute approximate surface area is 135 Å². The molecule has 0 amide bonds. The molecule has 0 bridgehead atoms. The summed E-state index contributed by atoms with van der Waals surface area (Å²) in [6.07, 6.45) is 1.55. The summed E-state index contributed by atoms with van der Waals surface area (Å²) in [7, 11) is 0. The van der Waals surface area contributed by atoms with Gasteiger partial charge in [-0.1, -0.05) is 44.2 Å². The van der Waals surface area contributed by atoms with E-state index in [-0.39, 0.29) is 5.95 Å². The van der Waals surface area contributed by atoms with E-state index >= 15 is 0 Å². The Bertz CT molecular complexity index is 779. The zero-order valence-electron chi connectivity index (χ0n) is 13.3. The predicted octanol–water partition coefficient (Wildman–Crippen LogP) is 2.63. The average molecular weight is 308 g/mol. The van der Waals surface area contributed by atoms with Crippen molar-refractivity contribution in [1.29, 1.82) is 0 Å². The van der Waals surface area contributed by atoms with Crippen LogP contribution in [0, 0.1) is 5.92 Å². The minimum Gasteiger partial charge on any atom is -0.368 e. The predicted molar refractivity (Wildman–Crippen MR) is 89.6 cm³/mol. The Hall–Kier alpha value is -2.76. The first-order valence-electron chi connectivity index (χ1n) is 7.69. The Morgan fingerprint density at radius 1 is 1.09 bits per heavy atom. The standard InChI is InChI=1S/C17H20N6/c1-11(2)8-13-10-14(20-17(18)19-13)16-21-15(22-23-16)9-12-6-4-3-5-7-12/h3-7,10-11H,8-9H2,1-2H3,(H2,18,19,20)(H,21,22,23). The molecule has 0 aliphatic heterocycles. The molecule has 0 atom stereocenters. The van der Waals surface area contributed by atoms with E-state index in [1.165, 1.54) is 5.56 Å². The van der Waals surface area contributed by atoms with Gasteiger partial charge in [0.2, 0.25) is 5.95 Å². The van der Waals surface area contributed by atoms with Gasteiger partial charge in [0.1, 0.15) is 11.5 Å². The van der Waals surface area contributed by atoms with Gasteiger partial charge in [-0.3, -0.25) is 5.10 Å². The molecule has 3 aromatic rings. The first-order valence-corrected chi connectivity index (χ1v) is 7.69. The van der Waals surface area contributed by atoms with Gasteiger partial charge in [-0.25, -0.2) is 15.0 Å². The lowest BCUT2D eigenvalue weighted by Crippen LogP contribution is -2.04. The van der Waals surface area contributed by atoms with Gasteiger partial charge in [-0.2, -0.15) is 5.10 Å². The monoisotopic (exact) mass is 308 g/mol. The van der Waals surface area contributed by atoms with Crippen molar-refractivity contribution in [3.63, 3.8) is 0 Å². The van der Waals surface area contributed by atoms with Crippen molar-refractivity contribution in [1.82, 2.24) is 25.1 Å². The molecule has 1 aromatic carbocycles. The zero-order valence-corrected chi connectivity index (χ0v) is 13.3. The molecule has 2 aromatic heterocycles. The summed E-state index contributed by atoms with van der Waals surface area (Å²) < 4.78 is 0. The van der Waals surface area contributed by atoms with E-state index in [2.05, 4.69) is 51.1 Å². The van der Waals surface area contributed by atoms with Crippen molar-refractivity contribution in [3.8, 4) is 11.5 Å². The topological polar surface area (TPSA) is 93.4 Å². The third kappa shape index (κ3) is 3.91. The number of H-pyrrole nitrogens is 1. The minimum atomic E-state index is 0.257. The van der Waals surface area contributed by atoms with Crippen molar-refractivity contribution >= 4 is 5.95 Å². The molecule has 0 saturated heterocycles. The highest BCUT2D eigenvalue weighted by Gasteiger charge is 2.11. The van der Waals surface area contributed by atoms with Gasteiger partial charge in [0.05, 0.1) is 0 Å². The number of rotatable bonds is 5. The van der Waals surface area contributed by atoms with Crippen LogP contribution in [0.5, 0.6) is 0 Å². The van der Waals surface area contributed by atoms with Gasteiger partial charge >= 0.3 is 0 Å². The maximum Gasteiger partial charge on any atom is 0.220 e. The van der Waals surface area contributed by atoms with E-state index in [4.69, 9.17) is 5.73 Å². The molecule has 0 fully saturated rings. The first-order chi connectivity index (χ1) is 11.1. The molecule has 0 aliphatic carbocycles. The molecule has 6 heteroatoms. The summed E-state index contributed by atoms with van der Waals surface area (Å²) in [5, 5.41) is 7.23. The number of anilines is 1. The van der Waals surface area contributed by atoms with E-state index in [0.29, 0.717) is 23.9 Å². The quantitative estimate of drug-likeness (QED) is 0.755. The fraction of sp³-hybridized carbons (Fsp3) is 0.294. The third-order valence-corrected chi connectivity index (χ3v) is 3.39. The summed E-state index contributed by atoms with van der Waals surface area (Å²) >= 11 is 0. The lowest BCUT2D eigenvalue weighted by Gasteiger charge is -2.05. The van der Waals surface area contributed by atoms with E-state index < -0.39 is 0 Å². The van der Waals surface area contributed by atoms with Gasteiger partial charge < -0.3 is 5.73 Å². The van der Waals surface area contributed by atoms with Crippen molar-refractivity contribution < 1.29 is 0 Å². The van der Waals surface area contributed by atoms with E-state index in [1.807, 2.05) is 24.3 Å². The van der Waals surface area contributed by atoms with Crippen LogP contribution in [0.25, 0.3) is 11.5 Å². The maximum atomic E-state index is 5.81. The van der Waals surface area contributed by atoms with Gasteiger partial charge in [0, 0.05) is 12.1 Å². The molecule has 0 aliphatic rings. The maximum absolute atomic E-state index is 5.81. The molecule has 118 valence electrons. The molecule has 2 heterocycles. The number of hydrogen-bond donors (Lipinski definition) is 2. The van der Waals surface area contributed by atoms with Crippen molar-refractivity contribution in [2.24, 2.45) is 5.92 Å². The summed E-state index contributed by atoms with van der Waals surface area (Å²) in [6.45, 7) is 4.28. The molecule has 0 radical (unpaired) electrons. The van der Waals surface area contributed by atoms with Crippen LogP contribution in [-0.4, -0.2) is 25.1 Å². The molecule has 3 rings (SSSR count). The number of nitrogens with zero attached hydrogens (tertiary/aromatic N) is 4. The Morgan fingerprint density at radius 2 is 1.87 bits per heavy atom. The van der Waals surface area contributed by atoms with Gasteiger partial charge in [0.15, 0.2) is 5.82 Å². The largest absolute Gasteiger partial charge is 0.368 e. The van der Waals surface area contributed by atoms with Gasteiger partial charge in [-0.15, -0.1) is 0 Å². The Kier molecular flexibility index (Phi) is 4.32. The molecule has 3 N–H and O–H groups in total. The second-order valence-electron chi connectivity index (χ2n) is 5.97. The van der Waals surface area contributed by atoms with Crippen LogP contribution in [0.2, 0.25) is 0 Å². The molecule has 23 heavy (non-hydrogen) atoms. The number of nitrogens with one attached hydrogen (secondary N) is 1. The summed E-state index contributed by atoms with van der Waals surface area (Å²) in [6, 6.07) is 12.0. The number of nitrogens with two attached hydrogens (primary N) is 1. The summed E-state index contributed by atoms with van der Waals surface area (Å²) in [4.78, 5) is 13.1. The van der Waals surface area contributed by atoms with E-state index in [0.717, 1.165) is 17.9 Å². The zero-order chi connectivity index (χ0) is 16.2. The average Bonchev–Trinajstić information content (AvgIpc) is 2.95. The van der Waals surface area contributed by atoms with Crippen LogP contribution in [-0.2, 0) is 12.8 Å².